The highest BCUT2D eigenvalue weighted by Gasteiger charge is 2.06. The van der Waals surface area contributed by atoms with Crippen LogP contribution in [0.15, 0.2) is 28.7 Å². The minimum absolute atomic E-state index is 0.130. The summed E-state index contributed by atoms with van der Waals surface area (Å²) in [6.45, 7) is 0. The second-order valence-electron chi connectivity index (χ2n) is 2.90. The fourth-order valence-corrected chi connectivity index (χ4v) is 1.98. The Labute approximate surface area is 92.7 Å². The smallest absolute Gasteiger partial charge is 0.211 e. The molecule has 3 nitrogen and oxygen atoms in total. The van der Waals surface area contributed by atoms with E-state index in [0.717, 1.165) is 10.0 Å². The van der Waals surface area contributed by atoms with Gasteiger partial charge in [0.1, 0.15) is 0 Å². The molecule has 0 saturated heterocycles. The first-order chi connectivity index (χ1) is 6.53. The van der Waals surface area contributed by atoms with Gasteiger partial charge < -0.3 is 0 Å². The number of rotatable bonds is 4. The summed E-state index contributed by atoms with van der Waals surface area (Å²) >= 11 is 3.32. The van der Waals surface area contributed by atoms with Gasteiger partial charge in [0, 0.05) is 4.47 Å². The minimum Gasteiger partial charge on any atom is -0.218 e. The van der Waals surface area contributed by atoms with E-state index in [2.05, 4.69) is 20.7 Å². The maximum atomic E-state index is 11.1. The van der Waals surface area contributed by atoms with Crippen molar-refractivity contribution in [2.24, 2.45) is 0 Å². The fourth-order valence-electron chi connectivity index (χ4n) is 1.01. The molecule has 0 aromatic heterocycles. The Kier molecular flexibility index (Phi) is 4.10. The lowest BCUT2D eigenvalue weighted by Crippen LogP contribution is -2.23. The third kappa shape index (κ3) is 3.77. The van der Waals surface area contributed by atoms with E-state index in [1.54, 1.807) is 0 Å². The Morgan fingerprint density at radius 3 is 2.36 bits per heavy atom. The maximum Gasteiger partial charge on any atom is 0.211 e. The van der Waals surface area contributed by atoms with Gasteiger partial charge in [-0.25, -0.2) is 13.1 Å². The molecule has 0 atom stereocenters. The van der Waals surface area contributed by atoms with Crippen molar-refractivity contribution < 1.29 is 8.42 Å². The first-order valence-electron chi connectivity index (χ1n) is 4.19. The molecule has 0 unspecified atom stereocenters. The van der Waals surface area contributed by atoms with E-state index < -0.39 is 10.0 Å². The zero-order chi connectivity index (χ0) is 10.6. The molecular weight excluding hydrogens is 266 g/mol. The molecule has 0 fully saturated rings. The molecule has 1 N–H and O–H groups in total. The zero-order valence-electron chi connectivity index (χ0n) is 7.83. The van der Waals surface area contributed by atoms with Crippen LogP contribution >= 0.6 is 15.9 Å². The van der Waals surface area contributed by atoms with Crippen molar-refractivity contribution in [2.75, 3.05) is 12.8 Å². The number of hydrogen-bond donors (Lipinski definition) is 1. The van der Waals surface area contributed by atoms with Crippen molar-refractivity contribution in [1.29, 1.82) is 0 Å². The predicted molar refractivity (Wildman–Crippen MR) is 60.7 cm³/mol. The summed E-state index contributed by atoms with van der Waals surface area (Å²) < 4.78 is 25.5. The Balaban J connectivity index is 2.59. The van der Waals surface area contributed by atoms with E-state index >= 15 is 0 Å². The third-order valence-corrected chi connectivity index (χ3v) is 3.78. The topological polar surface area (TPSA) is 46.2 Å². The summed E-state index contributed by atoms with van der Waals surface area (Å²) in [7, 11) is -1.66. The first-order valence-corrected chi connectivity index (χ1v) is 6.64. The lowest BCUT2D eigenvalue weighted by Gasteiger charge is -2.02. The number of benzene rings is 1. The van der Waals surface area contributed by atoms with Gasteiger partial charge in [0.05, 0.1) is 5.75 Å². The summed E-state index contributed by atoms with van der Waals surface area (Å²) in [5.41, 5.74) is 1.02. The van der Waals surface area contributed by atoms with E-state index in [-0.39, 0.29) is 5.75 Å². The monoisotopic (exact) mass is 277 g/mol. The molecule has 0 spiro atoms. The van der Waals surface area contributed by atoms with Gasteiger partial charge in [-0.2, -0.15) is 0 Å². The summed E-state index contributed by atoms with van der Waals surface area (Å²) in [6.07, 6.45) is 0.538. The van der Waals surface area contributed by atoms with E-state index in [1.807, 2.05) is 24.3 Å². The van der Waals surface area contributed by atoms with Crippen LogP contribution in [0.5, 0.6) is 0 Å². The summed E-state index contributed by atoms with van der Waals surface area (Å²) in [5, 5.41) is 0. The highest BCUT2D eigenvalue weighted by molar-refractivity contribution is 9.10. The number of halogens is 1. The van der Waals surface area contributed by atoms with Crippen LogP contribution in [-0.4, -0.2) is 21.2 Å². The van der Waals surface area contributed by atoms with Gasteiger partial charge in [-0.15, -0.1) is 0 Å². The van der Waals surface area contributed by atoms with Gasteiger partial charge in [-0.3, -0.25) is 0 Å². The fraction of sp³-hybridized carbons (Fsp3) is 0.333. The van der Waals surface area contributed by atoms with Crippen LogP contribution in [0.25, 0.3) is 0 Å². The Morgan fingerprint density at radius 1 is 1.29 bits per heavy atom. The lowest BCUT2D eigenvalue weighted by molar-refractivity contribution is 0.587. The number of aryl methyl sites for hydroxylation is 1. The van der Waals surface area contributed by atoms with Crippen molar-refractivity contribution in [1.82, 2.24) is 4.72 Å². The molecule has 0 bridgehead atoms. The summed E-state index contributed by atoms with van der Waals surface area (Å²) in [4.78, 5) is 0. The minimum atomic E-state index is -3.09. The molecule has 0 aliphatic carbocycles. The molecule has 1 aromatic carbocycles. The van der Waals surface area contributed by atoms with Gasteiger partial charge in [-0.05, 0) is 31.2 Å². The molecule has 1 aromatic rings. The van der Waals surface area contributed by atoms with Gasteiger partial charge >= 0.3 is 0 Å². The van der Waals surface area contributed by atoms with E-state index in [0.29, 0.717) is 6.42 Å². The molecule has 14 heavy (non-hydrogen) atoms. The summed E-state index contributed by atoms with van der Waals surface area (Å²) in [5.74, 6) is 0.130. The SMILES string of the molecule is CNS(=O)(=O)CCc1ccc(Br)cc1. The molecule has 0 aliphatic rings. The average molecular weight is 278 g/mol. The standard InChI is InChI=1S/C9H12BrNO2S/c1-11-14(12,13)7-6-8-2-4-9(10)5-3-8/h2-5,11H,6-7H2,1H3. The van der Waals surface area contributed by atoms with Gasteiger partial charge in [0.2, 0.25) is 10.0 Å². The molecule has 0 aliphatic heterocycles. The van der Waals surface area contributed by atoms with Crippen LogP contribution in [0.4, 0.5) is 0 Å². The lowest BCUT2D eigenvalue weighted by atomic mass is 10.2. The second-order valence-corrected chi connectivity index (χ2v) is 5.86. The normalized spacial score (nSPS) is 11.6. The van der Waals surface area contributed by atoms with Crippen LogP contribution in [0, 0.1) is 0 Å². The molecule has 0 heterocycles. The summed E-state index contributed by atoms with van der Waals surface area (Å²) in [6, 6.07) is 7.63. The molecule has 1 rings (SSSR count). The Morgan fingerprint density at radius 2 is 1.86 bits per heavy atom. The molecule has 5 heteroatoms. The van der Waals surface area contributed by atoms with Crippen molar-refractivity contribution in [3.8, 4) is 0 Å². The van der Waals surface area contributed by atoms with Crippen LogP contribution in [-0.2, 0) is 16.4 Å². The first kappa shape index (κ1) is 11.7. The average Bonchev–Trinajstić information content (AvgIpc) is 2.17. The van der Waals surface area contributed by atoms with Gasteiger partial charge in [0.15, 0.2) is 0 Å². The van der Waals surface area contributed by atoms with E-state index in [1.165, 1.54) is 7.05 Å². The van der Waals surface area contributed by atoms with E-state index in [9.17, 15) is 8.42 Å². The molecule has 0 saturated carbocycles. The van der Waals surface area contributed by atoms with E-state index in [4.69, 9.17) is 0 Å². The number of nitrogens with one attached hydrogen (secondary N) is 1. The van der Waals surface area contributed by atoms with Crippen LogP contribution in [0.2, 0.25) is 0 Å². The van der Waals surface area contributed by atoms with Crippen LogP contribution in [0.1, 0.15) is 5.56 Å². The highest BCUT2D eigenvalue weighted by atomic mass is 79.9. The number of hydrogen-bond acceptors (Lipinski definition) is 2. The van der Waals surface area contributed by atoms with Crippen LogP contribution in [0.3, 0.4) is 0 Å². The van der Waals surface area contributed by atoms with Crippen molar-refractivity contribution >= 4 is 26.0 Å². The zero-order valence-corrected chi connectivity index (χ0v) is 10.2. The highest BCUT2D eigenvalue weighted by Crippen LogP contribution is 2.11. The van der Waals surface area contributed by atoms with Crippen LogP contribution < -0.4 is 4.72 Å². The van der Waals surface area contributed by atoms with Crippen molar-refractivity contribution in [3.63, 3.8) is 0 Å². The second kappa shape index (κ2) is 4.91. The third-order valence-electron chi connectivity index (χ3n) is 1.88. The van der Waals surface area contributed by atoms with Gasteiger partial charge in [0.25, 0.3) is 0 Å². The molecular formula is C9H12BrNO2S. The Hall–Kier alpha value is -0.390. The largest absolute Gasteiger partial charge is 0.218 e. The molecule has 0 amide bonds. The van der Waals surface area contributed by atoms with Crippen molar-refractivity contribution in [3.05, 3.63) is 34.3 Å². The van der Waals surface area contributed by atoms with Gasteiger partial charge in [-0.1, -0.05) is 28.1 Å². The Bertz CT molecular complexity index is 386. The molecule has 78 valence electrons. The predicted octanol–water partition coefficient (Wildman–Crippen LogP) is 1.54. The number of sulfonamides is 1. The maximum absolute atomic E-state index is 11.1. The van der Waals surface area contributed by atoms with Crippen molar-refractivity contribution in [2.45, 2.75) is 6.42 Å². The quantitative estimate of drug-likeness (QED) is 0.908. The molecule has 0 radical (unpaired) electrons.